The molecule has 4 saturated carbocycles. The number of allylic oxidation sites excluding steroid dienone is 1. The topological polar surface area (TPSA) is 205 Å². The second-order valence-electron chi connectivity index (χ2n) is 16.6. The van der Waals surface area contributed by atoms with Crippen molar-refractivity contribution in [3.05, 3.63) is 11.8 Å². The fourth-order valence-electron chi connectivity index (χ4n) is 12.5. The number of fused-ring (bicyclic) bond motifs is 10. The van der Waals surface area contributed by atoms with Crippen molar-refractivity contribution in [2.45, 2.75) is 123 Å². The minimum atomic E-state index is -2.07. The summed E-state index contributed by atoms with van der Waals surface area (Å²) in [4.78, 5) is 64.7. The lowest BCUT2D eigenvalue weighted by Gasteiger charge is -2.67. The molecule has 0 aromatic rings. The lowest BCUT2D eigenvalue weighted by Crippen LogP contribution is -2.75. The van der Waals surface area contributed by atoms with E-state index in [4.69, 9.17) is 28.4 Å². The molecule has 2 aliphatic heterocycles. The number of aliphatic hydroxyl groups excluding tert-OH is 2. The molecule has 19 atom stereocenters. The van der Waals surface area contributed by atoms with Crippen LogP contribution in [0.1, 0.15) is 68.7 Å². The molecule has 14 nitrogen and oxygen atoms in total. The number of epoxide rings is 1. The van der Waals surface area contributed by atoms with Gasteiger partial charge in [-0.15, -0.1) is 0 Å². The summed E-state index contributed by atoms with van der Waals surface area (Å²) in [5.41, 5.74) is -6.02. The summed E-state index contributed by atoms with van der Waals surface area (Å²) >= 11 is 0. The summed E-state index contributed by atoms with van der Waals surface area (Å²) in [7, 11) is 0. The molecule has 7 aliphatic rings. The van der Waals surface area contributed by atoms with Crippen LogP contribution in [0.2, 0.25) is 0 Å². The Morgan fingerprint density at radius 3 is 1.90 bits per heavy atom. The zero-order valence-corrected chi connectivity index (χ0v) is 29.8. The Labute approximate surface area is 290 Å². The van der Waals surface area contributed by atoms with E-state index in [1.165, 1.54) is 34.6 Å². The van der Waals surface area contributed by atoms with Gasteiger partial charge in [0, 0.05) is 68.1 Å². The Morgan fingerprint density at radius 2 is 1.32 bits per heavy atom. The van der Waals surface area contributed by atoms with Crippen LogP contribution in [0.5, 0.6) is 0 Å². The molecule has 0 amide bonds. The molecule has 0 spiro atoms. The van der Waals surface area contributed by atoms with Gasteiger partial charge in [0.15, 0.2) is 5.60 Å². The highest BCUT2D eigenvalue weighted by Gasteiger charge is 2.83. The maximum atomic E-state index is 13.2. The van der Waals surface area contributed by atoms with Gasteiger partial charge >= 0.3 is 29.8 Å². The molecule has 5 aliphatic carbocycles. The van der Waals surface area contributed by atoms with E-state index >= 15 is 0 Å². The van der Waals surface area contributed by atoms with Gasteiger partial charge in [0.25, 0.3) is 0 Å². The quantitative estimate of drug-likeness (QED) is 0.214. The van der Waals surface area contributed by atoms with E-state index in [-0.39, 0.29) is 11.9 Å². The second kappa shape index (κ2) is 11.0. The highest BCUT2D eigenvalue weighted by atomic mass is 16.6. The number of carbonyl (C=O) groups excluding carboxylic acids is 5. The molecule has 2 heterocycles. The number of rotatable bonds is 4. The molecule has 7 rings (SSSR count). The van der Waals surface area contributed by atoms with E-state index in [1.807, 2.05) is 20.8 Å². The normalized spacial score (nSPS) is 53.8. The third kappa shape index (κ3) is 4.30. The van der Waals surface area contributed by atoms with Gasteiger partial charge in [0.2, 0.25) is 0 Å². The summed E-state index contributed by atoms with van der Waals surface area (Å²) in [5, 5.41) is 37.2. The zero-order chi connectivity index (χ0) is 36.8. The Kier molecular flexibility index (Phi) is 7.75. The number of ether oxygens (including phenoxy) is 6. The summed E-state index contributed by atoms with van der Waals surface area (Å²) < 4.78 is 36.0. The van der Waals surface area contributed by atoms with E-state index in [9.17, 15) is 39.3 Å². The van der Waals surface area contributed by atoms with Crippen LogP contribution in [0.4, 0.5) is 0 Å². The predicted molar refractivity (Wildman–Crippen MR) is 167 cm³/mol. The maximum Gasteiger partial charge on any atom is 0.343 e. The molecule has 50 heavy (non-hydrogen) atoms. The molecule has 14 heteroatoms. The smallest absolute Gasteiger partial charge is 0.343 e. The zero-order valence-electron chi connectivity index (χ0n) is 29.8. The number of aliphatic hydroxyl groups is 3. The van der Waals surface area contributed by atoms with Crippen molar-refractivity contribution in [1.82, 2.24) is 0 Å². The fourth-order valence-corrected chi connectivity index (χ4v) is 12.5. The summed E-state index contributed by atoms with van der Waals surface area (Å²) in [6.07, 6.45) is -6.17. The molecule has 6 fully saturated rings. The summed E-state index contributed by atoms with van der Waals surface area (Å²) in [5.74, 6) is -8.82. The number of esters is 5. The Morgan fingerprint density at radius 1 is 0.760 bits per heavy atom. The second-order valence-corrected chi connectivity index (χ2v) is 16.6. The molecule has 2 saturated heterocycles. The average molecular weight is 705 g/mol. The molecule has 0 aromatic carbocycles. The van der Waals surface area contributed by atoms with E-state index in [1.54, 1.807) is 13.0 Å². The Balaban J connectivity index is 1.51. The van der Waals surface area contributed by atoms with Gasteiger partial charge in [-0.2, -0.15) is 0 Å². The first kappa shape index (κ1) is 35.3. The van der Waals surface area contributed by atoms with Crippen molar-refractivity contribution in [1.29, 1.82) is 0 Å². The lowest BCUT2D eigenvalue weighted by atomic mass is 9.40. The number of hydrogen-bond acceptors (Lipinski definition) is 14. The van der Waals surface area contributed by atoms with Gasteiger partial charge in [-0.1, -0.05) is 20.8 Å². The third-order valence-corrected chi connectivity index (χ3v) is 14.3. The molecule has 3 N–H and O–H groups in total. The van der Waals surface area contributed by atoms with Gasteiger partial charge in [-0.25, -0.2) is 4.79 Å². The lowest BCUT2D eigenvalue weighted by molar-refractivity contribution is -0.301. The van der Waals surface area contributed by atoms with Crippen molar-refractivity contribution in [2.75, 3.05) is 0 Å². The van der Waals surface area contributed by atoms with Crippen molar-refractivity contribution in [3.63, 3.8) is 0 Å². The van der Waals surface area contributed by atoms with Crippen molar-refractivity contribution in [3.8, 4) is 0 Å². The van der Waals surface area contributed by atoms with E-state index in [2.05, 4.69) is 0 Å². The Hall–Kier alpha value is -3.07. The van der Waals surface area contributed by atoms with Crippen LogP contribution >= 0.6 is 0 Å². The van der Waals surface area contributed by atoms with Gasteiger partial charge in [-0.05, 0) is 38.2 Å². The molecule has 0 aromatic heterocycles. The third-order valence-electron chi connectivity index (χ3n) is 14.3. The maximum absolute atomic E-state index is 13.2. The molecule has 0 radical (unpaired) electrons. The van der Waals surface area contributed by atoms with Crippen LogP contribution in [-0.2, 0) is 52.4 Å². The average Bonchev–Trinajstić information content (AvgIpc) is 3.68. The molecular formula is C36H48O14. The van der Waals surface area contributed by atoms with E-state index in [0.29, 0.717) is 6.42 Å². The minimum absolute atomic E-state index is 0.216. The molecule has 0 bridgehead atoms. The van der Waals surface area contributed by atoms with E-state index in [0.717, 1.165) is 0 Å². The Bertz CT molecular complexity index is 1570. The van der Waals surface area contributed by atoms with Gasteiger partial charge < -0.3 is 43.7 Å². The standard InChI is InChI=1S/C36H48O14/c1-12-10-19-35(8,36(9,44)32(43)50-19)24-21(12)34(7)22(26(24)42)20-23(29(46-14(3)38)31(34)48-16(5)40)33(6)17(27(25(20)41)45-13(2)37)11-18-28(49-18)30(33)47-15(4)39/h10,12,17-18,20-31,41-42,44H,11H2,1-9H3/t12-,17-,18+,20+,21+,22-,23?,24+,25-,26-,27+,28+,29+,30+,31+,33+,34-,35+,36-/m1/s1. The number of hydrogen-bond donors (Lipinski definition) is 3. The van der Waals surface area contributed by atoms with Crippen LogP contribution in [0.25, 0.3) is 0 Å². The first-order chi connectivity index (χ1) is 23.1. The number of carbonyl (C=O) groups is 5. The van der Waals surface area contributed by atoms with Crippen LogP contribution < -0.4 is 0 Å². The molecular weight excluding hydrogens is 656 g/mol. The van der Waals surface area contributed by atoms with Crippen LogP contribution in [0.15, 0.2) is 11.8 Å². The molecule has 1 unspecified atom stereocenters. The summed E-state index contributed by atoms with van der Waals surface area (Å²) in [6.45, 7) is 13.5. The van der Waals surface area contributed by atoms with Crippen LogP contribution in [0.3, 0.4) is 0 Å². The first-order valence-electron chi connectivity index (χ1n) is 17.5. The highest BCUT2D eigenvalue weighted by Crippen LogP contribution is 2.76. The van der Waals surface area contributed by atoms with Crippen molar-refractivity contribution in [2.24, 2.45) is 57.7 Å². The largest absolute Gasteiger partial charge is 0.459 e. The monoisotopic (exact) mass is 704 g/mol. The summed E-state index contributed by atoms with van der Waals surface area (Å²) in [6, 6.07) is 0. The van der Waals surface area contributed by atoms with Crippen LogP contribution in [-0.4, -0.2) is 99.6 Å². The van der Waals surface area contributed by atoms with Gasteiger partial charge in [-0.3, -0.25) is 19.2 Å². The first-order valence-corrected chi connectivity index (χ1v) is 17.5. The van der Waals surface area contributed by atoms with Gasteiger partial charge in [0.05, 0.1) is 23.7 Å². The van der Waals surface area contributed by atoms with Gasteiger partial charge in [0.1, 0.15) is 36.3 Å². The predicted octanol–water partition coefficient (Wildman–Crippen LogP) is 1.20. The molecule has 276 valence electrons. The highest BCUT2D eigenvalue weighted by molar-refractivity contribution is 5.85. The SMILES string of the molecule is CC(=O)O[C@@H]1[C@H](O)[C@@H]2C([C@H](OC(C)=O)[C@H](OC(C)=O)[C@]3(C)[C@@H]4[C@@H]([C@H](O)[C@@H]23)[C@]2(C)C(=C[C@H]4C)OC(=O)[C@@]2(C)O)[C@]2(C)[C@@H]1C[C@@H]1O[C@@H]1[C@@H]2OC(C)=O. The van der Waals surface area contributed by atoms with Crippen LogP contribution in [0, 0.1) is 57.7 Å². The van der Waals surface area contributed by atoms with Crippen molar-refractivity contribution >= 4 is 29.8 Å². The van der Waals surface area contributed by atoms with Crippen molar-refractivity contribution < 1.29 is 67.7 Å². The van der Waals surface area contributed by atoms with E-state index < -0.39 is 136 Å². The fraction of sp³-hybridized carbons (Fsp3) is 0.806. The minimum Gasteiger partial charge on any atom is -0.459 e.